The van der Waals surface area contributed by atoms with E-state index in [1.165, 1.54) is 6.07 Å². The van der Waals surface area contributed by atoms with Crippen molar-refractivity contribution in [3.8, 4) is 0 Å². The van der Waals surface area contributed by atoms with Crippen molar-refractivity contribution in [2.45, 2.75) is 13.3 Å². The van der Waals surface area contributed by atoms with Crippen molar-refractivity contribution < 1.29 is 8.78 Å². The molecule has 0 aliphatic heterocycles. The molecule has 0 bridgehead atoms. The van der Waals surface area contributed by atoms with Crippen LogP contribution in [0.2, 0.25) is 0 Å². The standard InChI is InChI=1S/C13H12F2N2/c1-8-4-10(13(16)17-7-8)5-9-6-11(14)2-3-12(9)15/h2-4,6-7H,5H2,1H3,(H2,16,17). The van der Waals surface area contributed by atoms with Gasteiger partial charge in [-0.1, -0.05) is 6.07 Å². The molecule has 0 atom stereocenters. The topological polar surface area (TPSA) is 38.9 Å². The summed E-state index contributed by atoms with van der Waals surface area (Å²) < 4.78 is 26.5. The minimum atomic E-state index is -0.458. The SMILES string of the molecule is Cc1cnc(N)c(Cc2cc(F)ccc2F)c1. The summed E-state index contributed by atoms with van der Waals surface area (Å²) in [4.78, 5) is 3.99. The predicted molar refractivity (Wildman–Crippen MR) is 62.6 cm³/mol. The van der Waals surface area contributed by atoms with Crippen LogP contribution in [0.25, 0.3) is 0 Å². The molecule has 0 saturated carbocycles. The highest BCUT2D eigenvalue weighted by atomic mass is 19.1. The summed E-state index contributed by atoms with van der Waals surface area (Å²) >= 11 is 0. The summed E-state index contributed by atoms with van der Waals surface area (Å²) in [5.41, 5.74) is 7.62. The smallest absolute Gasteiger partial charge is 0.126 e. The van der Waals surface area contributed by atoms with Crippen molar-refractivity contribution >= 4 is 5.82 Å². The average molecular weight is 234 g/mol. The Morgan fingerprint density at radius 3 is 2.71 bits per heavy atom. The highest BCUT2D eigenvalue weighted by Crippen LogP contribution is 2.18. The van der Waals surface area contributed by atoms with Gasteiger partial charge in [0.05, 0.1) is 0 Å². The van der Waals surface area contributed by atoms with Gasteiger partial charge in [0, 0.05) is 12.6 Å². The molecule has 17 heavy (non-hydrogen) atoms. The number of benzene rings is 1. The fraction of sp³-hybridized carbons (Fsp3) is 0.154. The van der Waals surface area contributed by atoms with E-state index in [0.29, 0.717) is 11.4 Å². The van der Waals surface area contributed by atoms with Gasteiger partial charge >= 0.3 is 0 Å². The Labute approximate surface area is 98.1 Å². The van der Waals surface area contributed by atoms with Gasteiger partial charge in [0.15, 0.2) is 0 Å². The molecule has 1 aromatic carbocycles. The van der Waals surface area contributed by atoms with E-state index in [9.17, 15) is 8.78 Å². The van der Waals surface area contributed by atoms with E-state index < -0.39 is 11.6 Å². The molecule has 2 rings (SSSR count). The van der Waals surface area contributed by atoms with Crippen LogP contribution in [0, 0.1) is 18.6 Å². The lowest BCUT2D eigenvalue weighted by Gasteiger charge is -2.07. The maximum Gasteiger partial charge on any atom is 0.126 e. The molecule has 88 valence electrons. The Morgan fingerprint density at radius 1 is 1.18 bits per heavy atom. The first-order valence-electron chi connectivity index (χ1n) is 5.21. The van der Waals surface area contributed by atoms with E-state index in [1.807, 2.05) is 13.0 Å². The molecule has 2 aromatic rings. The molecule has 0 aliphatic carbocycles. The van der Waals surface area contributed by atoms with Crippen molar-refractivity contribution in [2.24, 2.45) is 0 Å². The molecule has 1 aromatic heterocycles. The fourth-order valence-corrected chi connectivity index (χ4v) is 1.67. The van der Waals surface area contributed by atoms with Crippen LogP contribution < -0.4 is 5.73 Å². The highest BCUT2D eigenvalue weighted by molar-refractivity contribution is 5.43. The lowest BCUT2D eigenvalue weighted by Crippen LogP contribution is -2.01. The van der Waals surface area contributed by atoms with Crippen LogP contribution in [0.15, 0.2) is 30.5 Å². The molecule has 2 N–H and O–H groups in total. The monoisotopic (exact) mass is 234 g/mol. The molecule has 0 aliphatic rings. The molecule has 0 fully saturated rings. The fourth-order valence-electron chi connectivity index (χ4n) is 1.67. The zero-order chi connectivity index (χ0) is 12.4. The third-order valence-electron chi connectivity index (χ3n) is 2.53. The van der Waals surface area contributed by atoms with E-state index in [-0.39, 0.29) is 12.0 Å². The quantitative estimate of drug-likeness (QED) is 0.867. The summed E-state index contributed by atoms with van der Waals surface area (Å²) in [7, 11) is 0. The first-order valence-corrected chi connectivity index (χ1v) is 5.21. The molecular weight excluding hydrogens is 222 g/mol. The summed E-state index contributed by atoms with van der Waals surface area (Å²) in [6.45, 7) is 1.87. The molecule has 0 amide bonds. The Bertz CT molecular complexity index is 504. The lowest BCUT2D eigenvalue weighted by molar-refractivity contribution is 0.588. The summed E-state index contributed by atoms with van der Waals surface area (Å²) in [5.74, 6) is -0.549. The maximum absolute atomic E-state index is 13.5. The summed E-state index contributed by atoms with van der Waals surface area (Å²) in [6, 6.07) is 5.21. The van der Waals surface area contributed by atoms with Crippen LogP contribution in [0.3, 0.4) is 0 Å². The van der Waals surface area contributed by atoms with Gasteiger partial charge in [0.2, 0.25) is 0 Å². The van der Waals surface area contributed by atoms with Gasteiger partial charge in [-0.2, -0.15) is 0 Å². The third-order valence-corrected chi connectivity index (χ3v) is 2.53. The number of hydrogen-bond donors (Lipinski definition) is 1. The number of nitrogens with two attached hydrogens (primary N) is 1. The number of halogens is 2. The number of nitrogen functional groups attached to an aromatic ring is 1. The van der Waals surface area contributed by atoms with Gasteiger partial charge in [-0.3, -0.25) is 0 Å². The van der Waals surface area contributed by atoms with Crippen molar-refractivity contribution in [1.82, 2.24) is 4.98 Å². The molecule has 1 heterocycles. The third kappa shape index (κ3) is 2.58. The number of nitrogens with zero attached hydrogens (tertiary/aromatic N) is 1. The van der Waals surface area contributed by atoms with Gasteiger partial charge in [0.25, 0.3) is 0 Å². The number of hydrogen-bond acceptors (Lipinski definition) is 2. The number of aromatic nitrogens is 1. The van der Waals surface area contributed by atoms with E-state index >= 15 is 0 Å². The highest BCUT2D eigenvalue weighted by Gasteiger charge is 2.08. The average Bonchev–Trinajstić information content (AvgIpc) is 2.28. The zero-order valence-corrected chi connectivity index (χ0v) is 9.37. The van der Waals surface area contributed by atoms with Crippen LogP contribution in [-0.2, 0) is 6.42 Å². The van der Waals surface area contributed by atoms with Crippen LogP contribution >= 0.6 is 0 Å². The van der Waals surface area contributed by atoms with E-state index in [2.05, 4.69) is 4.98 Å². The summed E-state index contributed by atoms with van der Waals surface area (Å²) in [6.07, 6.45) is 1.88. The summed E-state index contributed by atoms with van der Waals surface area (Å²) in [5, 5.41) is 0. The molecule has 0 unspecified atom stereocenters. The van der Waals surface area contributed by atoms with Crippen LogP contribution in [0.1, 0.15) is 16.7 Å². The molecular formula is C13H12F2N2. The minimum Gasteiger partial charge on any atom is -0.383 e. The Morgan fingerprint density at radius 2 is 1.94 bits per heavy atom. The minimum absolute atomic E-state index is 0.240. The van der Waals surface area contributed by atoms with Gasteiger partial charge in [-0.15, -0.1) is 0 Å². The second-order valence-electron chi connectivity index (χ2n) is 3.97. The van der Waals surface area contributed by atoms with Crippen LogP contribution in [0.5, 0.6) is 0 Å². The first-order chi connectivity index (χ1) is 8.06. The van der Waals surface area contributed by atoms with Crippen molar-refractivity contribution in [3.63, 3.8) is 0 Å². The molecule has 0 spiro atoms. The van der Waals surface area contributed by atoms with E-state index in [0.717, 1.165) is 17.7 Å². The molecule has 0 saturated heterocycles. The Balaban J connectivity index is 2.37. The number of pyridine rings is 1. The molecule has 0 radical (unpaired) electrons. The molecule has 4 heteroatoms. The van der Waals surface area contributed by atoms with E-state index in [1.54, 1.807) is 6.20 Å². The Hall–Kier alpha value is -1.97. The van der Waals surface area contributed by atoms with Crippen molar-refractivity contribution in [3.05, 3.63) is 58.8 Å². The van der Waals surface area contributed by atoms with Crippen LogP contribution in [-0.4, -0.2) is 4.98 Å². The van der Waals surface area contributed by atoms with Crippen molar-refractivity contribution in [1.29, 1.82) is 0 Å². The number of rotatable bonds is 2. The Kier molecular flexibility index (Phi) is 3.04. The second-order valence-corrected chi connectivity index (χ2v) is 3.97. The molecule has 2 nitrogen and oxygen atoms in total. The maximum atomic E-state index is 13.5. The zero-order valence-electron chi connectivity index (χ0n) is 9.37. The lowest BCUT2D eigenvalue weighted by atomic mass is 10.0. The largest absolute Gasteiger partial charge is 0.383 e. The van der Waals surface area contributed by atoms with Crippen molar-refractivity contribution in [2.75, 3.05) is 5.73 Å². The van der Waals surface area contributed by atoms with Gasteiger partial charge in [0.1, 0.15) is 17.5 Å². The first kappa shape index (κ1) is 11.5. The van der Waals surface area contributed by atoms with Gasteiger partial charge < -0.3 is 5.73 Å². The van der Waals surface area contributed by atoms with Crippen LogP contribution in [0.4, 0.5) is 14.6 Å². The number of aryl methyl sites for hydroxylation is 1. The predicted octanol–water partition coefficient (Wildman–Crippen LogP) is 2.84. The number of anilines is 1. The van der Waals surface area contributed by atoms with Gasteiger partial charge in [-0.05, 0) is 41.8 Å². The second kappa shape index (κ2) is 4.49. The van der Waals surface area contributed by atoms with Gasteiger partial charge in [-0.25, -0.2) is 13.8 Å². The normalized spacial score (nSPS) is 10.5. The van der Waals surface area contributed by atoms with E-state index in [4.69, 9.17) is 5.73 Å².